The minimum absolute atomic E-state index is 0.162. The highest BCUT2D eigenvalue weighted by Gasteiger charge is 2.32. The van der Waals surface area contributed by atoms with Gasteiger partial charge in [0.15, 0.2) is 0 Å². The molecule has 2 aliphatic heterocycles. The fourth-order valence-electron chi connectivity index (χ4n) is 3.17. The second kappa shape index (κ2) is 5.91. The lowest BCUT2D eigenvalue weighted by molar-refractivity contribution is -0.141. The van der Waals surface area contributed by atoms with Crippen LogP contribution < -0.4 is 10.2 Å². The summed E-state index contributed by atoms with van der Waals surface area (Å²) in [7, 11) is 0. The maximum atomic E-state index is 12.7. The summed E-state index contributed by atoms with van der Waals surface area (Å²) < 4.78 is 0. The standard InChI is InChI=1S/C16H19N3O4/c1-10-12(14(20)18-7-5-11(9-18)15(21)22)3-2-4-13(10)19-8-6-17-16(19)23/h2-4,11H,5-9H2,1H3,(H,17,23)(H,21,22). The van der Waals surface area contributed by atoms with Gasteiger partial charge < -0.3 is 15.3 Å². The van der Waals surface area contributed by atoms with Crippen LogP contribution in [0.2, 0.25) is 0 Å². The molecule has 23 heavy (non-hydrogen) atoms. The minimum atomic E-state index is -0.862. The molecule has 0 aliphatic carbocycles. The maximum Gasteiger partial charge on any atom is 0.322 e. The Kier molecular flexibility index (Phi) is 3.94. The number of carbonyl (C=O) groups excluding carboxylic acids is 2. The number of hydrogen-bond donors (Lipinski definition) is 2. The molecule has 1 atom stereocenters. The summed E-state index contributed by atoms with van der Waals surface area (Å²) in [4.78, 5) is 38.8. The highest BCUT2D eigenvalue weighted by Crippen LogP contribution is 2.27. The number of rotatable bonds is 3. The van der Waals surface area contributed by atoms with E-state index in [1.54, 1.807) is 21.9 Å². The Morgan fingerprint density at radius 2 is 2.09 bits per heavy atom. The van der Waals surface area contributed by atoms with Gasteiger partial charge in [0.25, 0.3) is 5.91 Å². The summed E-state index contributed by atoms with van der Waals surface area (Å²) in [5, 5.41) is 11.8. The third-order valence-corrected chi connectivity index (χ3v) is 4.51. The largest absolute Gasteiger partial charge is 0.481 e. The van der Waals surface area contributed by atoms with Gasteiger partial charge in [0.05, 0.1) is 5.92 Å². The van der Waals surface area contributed by atoms with Crippen molar-refractivity contribution in [2.75, 3.05) is 31.1 Å². The summed E-state index contributed by atoms with van der Waals surface area (Å²) >= 11 is 0. The molecule has 122 valence electrons. The molecule has 2 saturated heterocycles. The topological polar surface area (TPSA) is 89.9 Å². The lowest BCUT2D eigenvalue weighted by Crippen LogP contribution is -2.32. The number of urea groups is 1. The quantitative estimate of drug-likeness (QED) is 0.872. The first kappa shape index (κ1) is 15.3. The molecule has 2 aliphatic rings. The Morgan fingerprint density at radius 3 is 2.70 bits per heavy atom. The number of carboxylic acid groups (broad SMARTS) is 1. The van der Waals surface area contributed by atoms with Crippen LogP contribution in [0.15, 0.2) is 18.2 Å². The van der Waals surface area contributed by atoms with Gasteiger partial charge in [-0.1, -0.05) is 6.07 Å². The zero-order chi connectivity index (χ0) is 16.6. The molecule has 0 bridgehead atoms. The van der Waals surface area contributed by atoms with E-state index in [0.717, 1.165) is 11.3 Å². The number of carbonyl (C=O) groups is 3. The molecule has 3 rings (SSSR count). The number of hydrogen-bond acceptors (Lipinski definition) is 3. The minimum Gasteiger partial charge on any atom is -0.481 e. The van der Waals surface area contributed by atoms with Crippen molar-refractivity contribution < 1.29 is 19.5 Å². The molecule has 1 unspecified atom stereocenters. The predicted molar refractivity (Wildman–Crippen MR) is 83.6 cm³/mol. The molecule has 0 spiro atoms. The van der Waals surface area contributed by atoms with Gasteiger partial charge in [0.1, 0.15) is 0 Å². The third kappa shape index (κ3) is 2.74. The van der Waals surface area contributed by atoms with E-state index in [1.165, 1.54) is 0 Å². The number of anilines is 1. The first-order valence-electron chi connectivity index (χ1n) is 7.66. The van der Waals surface area contributed by atoms with Crippen LogP contribution in [0.25, 0.3) is 0 Å². The van der Waals surface area contributed by atoms with Crippen molar-refractivity contribution in [3.8, 4) is 0 Å². The van der Waals surface area contributed by atoms with E-state index in [9.17, 15) is 14.4 Å². The van der Waals surface area contributed by atoms with Gasteiger partial charge in [-0.3, -0.25) is 14.5 Å². The fourth-order valence-corrected chi connectivity index (χ4v) is 3.17. The van der Waals surface area contributed by atoms with Crippen LogP contribution in [-0.2, 0) is 4.79 Å². The molecule has 7 nitrogen and oxygen atoms in total. The molecule has 2 N–H and O–H groups in total. The van der Waals surface area contributed by atoms with Crippen LogP contribution in [0, 0.1) is 12.8 Å². The second-order valence-electron chi connectivity index (χ2n) is 5.91. The van der Waals surface area contributed by atoms with Gasteiger partial charge in [-0.05, 0) is 31.0 Å². The zero-order valence-electron chi connectivity index (χ0n) is 12.9. The van der Waals surface area contributed by atoms with Crippen LogP contribution >= 0.6 is 0 Å². The van der Waals surface area contributed by atoms with Gasteiger partial charge in [-0.25, -0.2) is 4.79 Å². The average molecular weight is 317 g/mol. The highest BCUT2D eigenvalue weighted by molar-refractivity contribution is 6.00. The van der Waals surface area contributed by atoms with Crippen molar-refractivity contribution in [1.29, 1.82) is 0 Å². The Hall–Kier alpha value is -2.57. The van der Waals surface area contributed by atoms with Crippen molar-refractivity contribution in [1.82, 2.24) is 10.2 Å². The summed E-state index contributed by atoms with van der Waals surface area (Å²) in [6.07, 6.45) is 0.480. The Bertz CT molecular complexity index is 673. The Morgan fingerprint density at radius 1 is 1.30 bits per heavy atom. The first-order chi connectivity index (χ1) is 11.0. The fraction of sp³-hybridized carbons (Fsp3) is 0.438. The number of likely N-dealkylation sites (tertiary alicyclic amines) is 1. The molecular weight excluding hydrogens is 298 g/mol. The Balaban J connectivity index is 1.84. The molecule has 0 saturated carbocycles. The summed E-state index contributed by atoms with van der Waals surface area (Å²) in [5.74, 6) is -1.53. The third-order valence-electron chi connectivity index (χ3n) is 4.51. The first-order valence-corrected chi connectivity index (χ1v) is 7.66. The van der Waals surface area contributed by atoms with Crippen LogP contribution in [0.3, 0.4) is 0 Å². The molecule has 2 fully saturated rings. The van der Waals surface area contributed by atoms with Gasteiger partial charge in [-0.15, -0.1) is 0 Å². The van der Waals surface area contributed by atoms with Crippen molar-refractivity contribution in [2.45, 2.75) is 13.3 Å². The Labute approximate surface area is 133 Å². The smallest absolute Gasteiger partial charge is 0.322 e. The van der Waals surface area contributed by atoms with E-state index in [4.69, 9.17) is 5.11 Å². The molecule has 0 radical (unpaired) electrons. The van der Waals surface area contributed by atoms with Crippen molar-refractivity contribution in [3.05, 3.63) is 29.3 Å². The maximum absolute atomic E-state index is 12.7. The van der Waals surface area contributed by atoms with Crippen molar-refractivity contribution in [3.63, 3.8) is 0 Å². The summed E-state index contributed by atoms with van der Waals surface area (Å²) in [5.41, 5.74) is 1.99. The molecular formula is C16H19N3O4. The van der Waals surface area contributed by atoms with Crippen LogP contribution in [0.4, 0.5) is 10.5 Å². The molecule has 1 aromatic rings. The number of aliphatic carboxylic acids is 1. The van der Waals surface area contributed by atoms with Crippen molar-refractivity contribution >= 4 is 23.6 Å². The normalized spacial score (nSPS) is 20.7. The van der Waals surface area contributed by atoms with Crippen LogP contribution in [0.5, 0.6) is 0 Å². The van der Waals surface area contributed by atoms with Gasteiger partial charge in [0.2, 0.25) is 0 Å². The molecule has 3 amide bonds. The van der Waals surface area contributed by atoms with Gasteiger partial charge in [-0.2, -0.15) is 0 Å². The number of amides is 3. The van der Waals surface area contributed by atoms with E-state index < -0.39 is 11.9 Å². The van der Waals surface area contributed by atoms with E-state index in [1.807, 2.05) is 13.0 Å². The number of nitrogens with one attached hydrogen (secondary N) is 1. The number of carboxylic acids is 1. The van der Waals surface area contributed by atoms with Crippen LogP contribution in [-0.4, -0.2) is 54.1 Å². The molecule has 7 heteroatoms. The van der Waals surface area contributed by atoms with E-state index in [2.05, 4.69) is 5.32 Å². The number of nitrogens with zero attached hydrogens (tertiary/aromatic N) is 2. The van der Waals surface area contributed by atoms with E-state index in [0.29, 0.717) is 31.6 Å². The second-order valence-corrected chi connectivity index (χ2v) is 5.91. The highest BCUT2D eigenvalue weighted by atomic mass is 16.4. The molecule has 0 aromatic heterocycles. The van der Waals surface area contributed by atoms with Crippen molar-refractivity contribution in [2.24, 2.45) is 5.92 Å². The lowest BCUT2D eigenvalue weighted by atomic mass is 10.0. The lowest BCUT2D eigenvalue weighted by Gasteiger charge is -2.21. The molecule has 2 heterocycles. The molecule has 1 aromatic carbocycles. The number of benzene rings is 1. The van der Waals surface area contributed by atoms with E-state index in [-0.39, 0.29) is 18.5 Å². The summed E-state index contributed by atoms with van der Waals surface area (Å²) in [6.45, 7) is 3.66. The van der Waals surface area contributed by atoms with E-state index >= 15 is 0 Å². The monoisotopic (exact) mass is 317 g/mol. The zero-order valence-corrected chi connectivity index (χ0v) is 12.9. The summed E-state index contributed by atoms with van der Waals surface area (Å²) in [6, 6.07) is 5.14. The predicted octanol–water partition coefficient (Wildman–Crippen LogP) is 1.07. The van der Waals surface area contributed by atoms with Gasteiger partial charge in [0, 0.05) is 37.4 Å². The SMILES string of the molecule is Cc1c(C(=O)N2CCC(C(=O)O)C2)cccc1N1CCNC1=O. The van der Waals surface area contributed by atoms with Gasteiger partial charge >= 0.3 is 12.0 Å². The average Bonchev–Trinajstić information content (AvgIpc) is 3.16. The van der Waals surface area contributed by atoms with Crippen LogP contribution in [0.1, 0.15) is 22.3 Å².